The maximum Gasteiger partial charge on any atom is 0.139 e. The summed E-state index contributed by atoms with van der Waals surface area (Å²) >= 11 is 0. The minimum atomic E-state index is 0.282. The van der Waals surface area contributed by atoms with E-state index in [1.165, 1.54) is 19.3 Å². The van der Waals surface area contributed by atoms with Gasteiger partial charge in [0.25, 0.3) is 0 Å². The molecule has 0 aromatic heterocycles. The summed E-state index contributed by atoms with van der Waals surface area (Å²) in [6.45, 7) is 2.25. The average Bonchev–Trinajstić information content (AvgIpc) is 2.20. The van der Waals surface area contributed by atoms with Crippen LogP contribution < -0.4 is 0 Å². The molecule has 1 nitrogen and oxygen atoms in total. The van der Waals surface area contributed by atoms with Gasteiger partial charge in [-0.15, -0.1) is 0 Å². The molecule has 2 rings (SSSR count). The Labute approximate surface area is 57.2 Å². The Morgan fingerprint density at radius 1 is 1.67 bits per heavy atom. The zero-order valence-corrected chi connectivity index (χ0v) is 6.18. The van der Waals surface area contributed by atoms with Gasteiger partial charge in [-0.1, -0.05) is 0 Å². The standard InChI is InChI=1S/C7H13BO/c1-7-3-2-5(4-7)6(8)9-7/h5-6H,2-4,8H2,1H3/t5-,6?,7?/m0/s1. The highest BCUT2D eigenvalue weighted by atomic mass is 16.5. The maximum atomic E-state index is 5.75. The summed E-state index contributed by atoms with van der Waals surface area (Å²) in [7, 11) is 2.20. The zero-order valence-electron chi connectivity index (χ0n) is 6.18. The van der Waals surface area contributed by atoms with E-state index in [1.807, 2.05) is 0 Å². The van der Waals surface area contributed by atoms with Crippen LogP contribution in [0.4, 0.5) is 0 Å². The highest BCUT2D eigenvalue weighted by molar-refractivity contribution is 6.11. The highest BCUT2D eigenvalue weighted by Gasteiger charge is 2.46. The predicted octanol–water partition coefficient (Wildman–Crippen LogP) is 0.535. The summed E-state index contributed by atoms with van der Waals surface area (Å²) in [6.07, 6.45) is 4.01. The topological polar surface area (TPSA) is 9.23 Å². The molecule has 0 amide bonds. The Morgan fingerprint density at radius 3 is 2.67 bits per heavy atom. The molecule has 2 fully saturated rings. The Bertz CT molecular complexity index is 133. The molecule has 1 aliphatic carbocycles. The van der Waals surface area contributed by atoms with Gasteiger partial charge in [0.1, 0.15) is 7.85 Å². The highest BCUT2D eigenvalue weighted by Crippen LogP contribution is 2.46. The van der Waals surface area contributed by atoms with E-state index in [9.17, 15) is 0 Å². The van der Waals surface area contributed by atoms with Crippen molar-refractivity contribution in [3.05, 3.63) is 0 Å². The van der Waals surface area contributed by atoms with E-state index in [-0.39, 0.29) is 5.60 Å². The largest absolute Gasteiger partial charge is 0.381 e. The molecule has 3 atom stereocenters. The van der Waals surface area contributed by atoms with Gasteiger partial charge in [-0.05, 0) is 32.1 Å². The molecule has 1 saturated heterocycles. The zero-order chi connectivity index (χ0) is 6.48. The van der Waals surface area contributed by atoms with Gasteiger partial charge in [0.15, 0.2) is 0 Å². The summed E-state index contributed by atoms with van der Waals surface area (Å²) in [4.78, 5) is 0. The molecule has 0 N–H and O–H groups in total. The maximum absolute atomic E-state index is 5.75. The first-order chi connectivity index (χ1) is 4.20. The van der Waals surface area contributed by atoms with Crippen molar-refractivity contribution in [1.29, 1.82) is 0 Å². The van der Waals surface area contributed by atoms with Crippen LogP contribution in [-0.2, 0) is 4.74 Å². The van der Waals surface area contributed by atoms with Crippen LogP contribution in [0.15, 0.2) is 0 Å². The second-order valence-corrected chi connectivity index (χ2v) is 3.78. The molecular formula is C7H13BO. The van der Waals surface area contributed by atoms with Crippen LogP contribution in [-0.4, -0.2) is 19.5 Å². The van der Waals surface area contributed by atoms with E-state index in [0.29, 0.717) is 6.00 Å². The van der Waals surface area contributed by atoms with Gasteiger partial charge in [0.05, 0.1) is 5.60 Å². The van der Waals surface area contributed by atoms with Gasteiger partial charge in [-0.2, -0.15) is 0 Å². The molecule has 2 bridgehead atoms. The van der Waals surface area contributed by atoms with E-state index < -0.39 is 0 Å². The third-order valence-electron chi connectivity index (χ3n) is 2.87. The van der Waals surface area contributed by atoms with E-state index in [4.69, 9.17) is 4.74 Å². The van der Waals surface area contributed by atoms with Gasteiger partial charge in [0, 0.05) is 6.00 Å². The normalized spacial score (nSPS) is 56.6. The third kappa shape index (κ3) is 0.726. The summed E-state index contributed by atoms with van der Waals surface area (Å²) in [5.41, 5.74) is 0.282. The van der Waals surface area contributed by atoms with E-state index in [0.717, 1.165) is 5.92 Å². The lowest BCUT2D eigenvalue weighted by Gasteiger charge is -2.25. The summed E-state index contributed by atoms with van der Waals surface area (Å²) in [6, 6.07) is 0.545. The van der Waals surface area contributed by atoms with E-state index in [1.54, 1.807) is 0 Å². The fourth-order valence-electron chi connectivity index (χ4n) is 2.30. The van der Waals surface area contributed by atoms with Crippen molar-refractivity contribution < 1.29 is 4.74 Å². The summed E-state index contributed by atoms with van der Waals surface area (Å²) in [5.74, 6) is 0.884. The lowest BCUT2D eigenvalue weighted by molar-refractivity contribution is -0.0225. The quantitative estimate of drug-likeness (QED) is 0.428. The van der Waals surface area contributed by atoms with Gasteiger partial charge < -0.3 is 4.74 Å². The molecule has 2 heteroatoms. The molecule has 9 heavy (non-hydrogen) atoms. The summed E-state index contributed by atoms with van der Waals surface area (Å²) in [5, 5.41) is 0. The van der Waals surface area contributed by atoms with Gasteiger partial charge in [-0.3, -0.25) is 0 Å². The van der Waals surface area contributed by atoms with Crippen molar-refractivity contribution in [3.8, 4) is 0 Å². The van der Waals surface area contributed by atoms with Crippen LogP contribution in [0.25, 0.3) is 0 Å². The predicted molar refractivity (Wildman–Crippen MR) is 39.2 cm³/mol. The van der Waals surface area contributed by atoms with Crippen LogP contribution in [0.2, 0.25) is 0 Å². The van der Waals surface area contributed by atoms with Crippen LogP contribution in [0.3, 0.4) is 0 Å². The molecule has 0 spiro atoms. The van der Waals surface area contributed by atoms with Crippen molar-refractivity contribution in [2.75, 3.05) is 0 Å². The lowest BCUT2D eigenvalue weighted by Crippen LogP contribution is -2.27. The molecule has 1 saturated carbocycles. The number of fused-ring (bicyclic) bond motifs is 2. The Morgan fingerprint density at radius 2 is 2.44 bits per heavy atom. The first-order valence-corrected chi connectivity index (χ1v) is 3.87. The van der Waals surface area contributed by atoms with Crippen LogP contribution >= 0.6 is 0 Å². The van der Waals surface area contributed by atoms with Crippen LogP contribution in [0.1, 0.15) is 26.2 Å². The monoisotopic (exact) mass is 124 g/mol. The molecule has 2 unspecified atom stereocenters. The molecule has 2 aliphatic rings. The van der Waals surface area contributed by atoms with Crippen molar-refractivity contribution in [3.63, 3.8) is 0 Å². The number of hydrogen-bond donors (Lipinski definition) is 0. The lowest BCUT2D eigenvalue weighted by atomic mass is 9.87. The fraction of sp³-hybridized carbons (Fsp3) is 1.00. The molecule has 50 valence electrons. The minimum absolute atomic E-state index is 0.282. The summed E-state index contributed by atoms with van der Waals surface area (Å²) < 4.78 is 5.75. The van der Waals surface area contributed by atoms with Crippen molar-refractivity contribution in [2.45, 2.75) is 37.8 Å². The fourth-order valence-corrected chi connectivity index (χ4v) is 2.30. The Kier molecular flexibility index (Phi) is 0.991. The second kappa shape index (κ2) is 1.54. The average molecular weight is 124 g/mol. The van der Waals surface area contributed by atoms with Crippen LogP contribution in [0, 0.1) is 5.92 Å². The molecule has 0 aromatic rings. The van der Waals surface area contributed by atoms with Gasteiger partial charge in [-0.25, -0.2) is 0 Å². The van der Waals surface area contributed by atoms with Crippen molar-refractivity contribution >= 4 is 7.85 Å². The molecule has 1 heterocycles. The third-order valence-corrected chi connectivity index (χ3v) is 2.87. The van der Waals surface area contributed by atoms with Crippen molar-refractivity contribution in [2.24, 2.45) is 5.92 Å². The smallest absolute Gasteiger partial charge is 0.139 e. The Hall–Kier alpha value is 0.0249. The molecule has 0 aromatic carbocycles. The second-order valence-electron chi connectivity index (χ2n) is 3.78. The first-order valence-electron chi connectivity index (χ1n) is 3.87. The SMILES string of the molecule is BC1OC2(C)CC[C@H]1C2. The molecule has 1 aliphatic heterocycles. The van der Waals surface area contributed by atoms with Gasteiger partial charge in [0.2, 0.25) is 0 Å². The molecule has 0 radical (unpaired) electrons. The number of rotatable bonds is 0. The van der Waals surface area contributed by atoms with Gasteiger partial charge >= 0.3 is 0 Å². The number of ether oxygens (including phenoxy) is 1. The first kappa shape index (κ1) is 5.78. The Balaban J connectivity index is 2.19. The van der Waals surface area contributed by atoms with E-state index >= 15 is 0 Å². The minimum Gasteiger partial charge on any atom is -0.381 e. The number of hydrogen-bond acceptors (Lipinski definition) is 1. The van der Waals surface area contributed by atoms with E-state index in [2.05, 4.69) is 14.8 Å². The molecular weight excluding hydrogens is 111 g/mol. The van der Waals surface area contributed by atoms with Crippen LogP contribution in [0.5, 0.6) is 0 Å². The van der Waals surface area contributed by atoms with Crippen molar-refractivity contribution in [1.82, 2.24) is 0 Å².